The Kier molecular flexibility index (Phi) is 4.42. The van der Waals surface area contributed by atoms with Gasteiger partial charge in [0.1, 0.15) is 6.61 Å². The average molecular weight is 264 g/mol. The molecular weight excluding hydrogens is 250 g/mol. The Hall–Kier alpha value is -1.74. The summed E-state index contributed by atoms with van der Waals surface area (Å²) >= 11 is 5.89. The fraction of sp³-hybridized carbons (Fsp3) is 0.214. The van der Waals surface area contributed by atoms with Crippen LogP contribution in [0.15, 0.2) is 42.7 Å². The number of methoxy groups -OCH3 is 1. The first-order chi connectivity index (χ1) is 8.85. The monoisotopic (exact) mass is 263 g/mol. The number of pyridine rings is 1. The normalized spacial score (nSPS) is 10.1. The molecule has 0 amide bonds. The van der Waals surface area contributed by atoms with E-state index in [0.29, 0.717) is 24.0 Å². The lowest BCUT2D eigenvalue weighted by atomic mass is 10.2. The van der Waals surface area contributed by atoms with Crippen molar-refractivity contribution in [1.29, 1.82) is 0 Å². The van der Waals surface area contributed by atoms with E-state index in [0.717, 1.165) is 11.1 Å². The van der Waals surface area contributed by atoms with Gasteiger partial charge in [0.05, 0.1) is 13.0 Å². The number of hydrogen-bond donors (Lipinski definition) is 0. The number of alkyl halides is 1. The molecule has 0 aliphatic rings. The van der Waals surface area contributed by atoms with Crippen molar-refractivity contribution in [3.05, 3.63) is 53.9 Å². The van der Waals surface area contributed by atoms with Crippen LogP contribution in [0.2, 0.25) is 0 Å². The molecule has 2 rings (SSSR count). The van der Waals surface area contributed by atoms with Crippen LogP contribution in [-0.4, -0.2) is 12.1 Å². The number of benzene rings is 1. The number of ether oxygens (including phenoxy) is 2. The predicted octanol–water partition coefficient (Wildman–Crippen LogP) is 3.41. The summed E-state index contributed by atoms with van der Waals surface area (Å²) in [6, 6.07) is 9.52. The molecule has 0 aliphatic heterocycles. The number of para-hydroxylation sites is 1. The first-order valence-corrected chi connectivity index (χ1v) is 6.12. The fourth-order valence-electron chi connectivity index (χ4n) is 1.63. The van der Waals surface area contributed by atoms with Crippen molar-refractivity contribution in [3.8, 4) is 11.5 Å². The second-order valence-electron chi connectivity index (χ2n) is 3.73. The zero-order valence-corrected chi connectivity index (χ0v) is 10.9. The second kappa shape index (κ2) is 6.26. The predicted molar refractivity (Wildman–Crippen MR) is 71.1 cm³/mol. The summed E-state index contributed by atoms with van der Waals surface area (Å²) in [6.45, 7) is 0.443. The van der Waals surface area contributed by atoms with Crippen molar-refractivity contribution in [1.82, 2.24) is 4.98 Å². The molecule has 1 heterocycles. The highest BCUT2D eigenvalue weighted by Crippen LogP contribution is 2.32. The molecule has 4 heteroatoms. The molecule has 0 aliphatic carbocycles. The van der Waals surface area contributed by atoms with Gasteiger partial charge in [-0.05, 0) is 12.1 Å². The van der Waals surface area contributed by atoms with E-state index in [1.54, 1.807) is 19.5 Å². The van der Waals surface area contributed by atoms with Crippen LogP contribution in [-0.2, 0) is 12.5 Å². The largest absolute Gasteiger partial charge is 0.493 e. The summed E-state index contributed by atoms with van der Waals surface area (Å²) in [6.07, 6.45) is 3.51. The van der Waals surface area contributed by atoms with Gasteiger partial charge < -0.3 is 9.47 Å². The summed E-state index contributed by atoms with van der Waals surface area (Å²) in [5.41, 5.74) is 1.92. The van der Waals surface area contributed by atoms with Gasteiger partial charge in [-0.1, -0.05) is 18.2 Å². The second-order valence-corrected chi connectivity index (χ2v) is 4.00. The minimum absolute atomic E-state index is 0.388. The number of halogens is 1. The van der Waals surface area contributed by atoms with E-state index in [2.05, 4.69) is 4.98 Å². The number of hydrogen-bond acceptors (Lipinski definition) is 3. The van der Waals surface area contributed by atoms with Crippen LogP contribution in [0.1, 0.15) is 11.1 Å². The Bertz CT molecular complexity index is 480. The Labute approximate surface area is 111 Å². The number of aromatic nitrogens is 1. The van der Waals surface area contributed by atoms with E-state index in [9.17, 15) is 0 Å². The van der Waals surface area contributed by atoms with Crippen molar-refractivity contribution in [3.63, 3.8) is 0 Å². The molecule has 2 aromatic rings. The first-order valence-electron chi connectivity index (χ1n) is 5.58. The number of rotatable bonds is 5. The van der Waals surface area contributed by atoms with E-state index in [-0.39, 0.29) is 0 Å². The lowest BCUT2D eigenvalue weighted by Gasteiger charge is -2.13. The van der Waals surface area contributed by atoms with Gasteiger partial charge in [0.25, 0.3) is 0 Å². The van der Waals surface area contributed by atoms with Crippen LogP contribution in [0.25, 0.3) is 0 Å². The fourth-order valence-corrected chi connectivity index (χ4v) is 1.84. The zero-order valence-electron chi connectivity index (χ0n) is 10.1. The molecule has 3 nitrogen and oxygen atoms in total. The van der Waals surface area contributed by atoms with Gasteiger partial charge in [0, 0.05) is 23.5 Å². The Balaban J connectivity index is 2.17. The molecule has 0 saturated heterocycles. The number of nitrogens with zero attached hydrogens (tertiary/aromatic N) is 1. The lowest BCUT2D eigenvalue weighted by Crippen LogP contribution is -2.00. The maximum absolute atomic E-state index is 5.89. The van der Waals surface area contributed by atoms with Gasteiger partial charge in [-0.3, -0.25) is 4.98 Å². The van der Waals surface area contributed by atoms with Gasteiger partial charge in [0.15, 0.2) is 11.5 Å². The molecule has 0 saturated carbocycles. The third-order valence-electron chi connectivity index (χ3n) is 2.53. The van der Waals surface area contributed by atoms with Crippen molar-refractivity contribution >= 4 is 11.6 Å². The molecular formula is C14H14ClNO2. The molecule has 0 atom stereocenters. The maximum atomic E-state index is 5.89. The molecule has 0 spiro atoms. The van der Waals surface area contributed by atoms with Crippen LogP contribution in [0.3, 0.4) is 0 Å². The standard InChI is InChI=1S/C14H14ClNO2/c1-17-13-6-2-5-12(8-15)14(13)18-10-11-4-3-7-16-9-11/h2-7,9H,8,10H2,1H3. The maximum Gasteiger partial charge on any atom is 0.166 e. The minimum Gasteiger partial charge on any atom is -0.493 e. The highest BCUT2D eigenvalue weighted by molar-refractivity contribution is 6.17. The van der Waals surface area contributed by atoms with Crippen LogP contribution in [0, 0.1) is 0 Å². The molecule has 0 unspecified atom stereocenters. The summed E-state index contributed by atoms with van der Waals surface area (Å²) in [7, 11) is 1.62. The smallest absolute Gasteiger partial charge is 0.166 e. The van der Waals surface area contributed by atoms with Gasteiger partial charge in [0.2, 0.25) is 0 Å². The summed E-state index contributed by atoms with van der Waals surface area (Å²) in [5, 5.41) is 0. The molecule has 18 heavy (non-hydrogen) atoms. The van der Waals surface area contributed by atoms with Crippen molar-refractivity contribution in [2.24, 2.45) is 0 Å². The zero-order chi connectivity index (χ0) is 12.8. The van der Waals surface area contributed by atoms with E-state index < -0.39 is 0 Å². The molecule has 94 valence electrons. The van der Waals surface area contributed by atoms with Gasteiger partial charge in [-0.25, -0.2) is 0 Å². The molecule has 0 bridgehead atoms. The molecule has 1 aromatic carbocycles. The van der Waals surface area contributed by atoms with Crippen LogP contribution in [0.4, 0.5) is 0 Å². The van der Waals surface area contributed by atoms with Crippen molar-refractivity contribution in [2.45, 2.75) is 12.5 Å². The van der Waals surface area contributed by atoms with Crippen LogP contribution < -0.4 is 9.47 Å². The quantitative estimate of drug-likeness (QED) is 0.775. The third kappa shape index (κ3) is 2.93. The summed E-state index contributed by atoms with van der Waals surface area (Å²) < 4.78 is 11.1. The van der Waals surface area contributed by atoms with Crippen LogP contribution in [0.5, 0.6) is 11.5 Å². The SMILES string of the molecule is COc1cccc(CCl)c1OCc1cccnc1. The van der Waals surface area contributed by atoms with E-state index in [1.807, 2.05) is 30.3 Å². The van der Waals surface area contributed by atoms with Crippen LogP contribution >= 0.6 is 11.6 Å². The van der Waals surface area contributed by atoms with E-state index in [4.69, 9.17) is 21.1 Å². The highest BCUT2D eigenvalue weighted by atomic mass is 35.5. The van der Waals surface area contributed by atoms with Gasteiger partial charge in [-0.2, -0.15) is 0 Å². The highest BCUT2D eigenvalue weighted by Gasteiger charge is 2.09. The Morgan fingerprint density at radius 3 is 2.78 bits per heavy atom. The molecule has 0 N–H and O–H groups in total. The first kappa shape index (κ1) is 12.7. The average Bonchev–Trinajstić information content (AvgIpc) is 2.45. The minimum atomic E-state index is 0.388. The summed E-state index contributed by atoms with van der Waals surface area (Å²) in [5.74, 6) is 1.77. The van der Waals surface area contributed by atoms with E-state index in [1.165, 1.54) is 0 Å². The molecule has 1 aromatic heterocycles. The Morgan fingerprint density at radius 2 is 2.11 bits per heavy atom. The van der Waals surface area contributed by atoms with Crippen molar-refractivity contribution < 1.29 is 9.47 Å². The lowest BCUT2D eigenvalue weighted by molar-refractivity contribution is 0.282. The molecule has 0 radical (unpaired) electrons. The molecule has 0 fully saturated rings. The van der Waals surface area contributed by atoms with Crippen molar-refractivity contribution in [2.75, 3.05) is 7.11 Å². The van der Waals surface area contributed by atoms with Gasteiger partial charge in [-0.15, -0.1) is 11.6 Å². The summed E-state index contributed by atoms with van der Waals surface area (Å²) in [4.78, 5) is 4.04. The van der Waals surface area contributed by atoms with E-state index >= 15 is 0 Å². The van der Waals surface area contributed by atoms with Gasteiger partial charge >= 0.3 is 0 Å². The topological polar surface area (TPSA) is 31.4 Å². The third-order valence-corrected chi connectivity index (χ3v) is 2.82. The Morgan fingerprint density at radius 1 is 1.22 bits per heavy atom.